The first-order chi connectivity index (χ1) is 6.80. The van der Waals surface area contributed by atoms with Gasteiger partial charge in [0.25, 0.3) is 5.09 Å². The molecule has 0 fully saturated rings. The maximum absolute atomic E-state index is 12.4. The van der Waals surface area contributed by atoms with E-state index in [-0.39, 0.29) is 4.88 Å². The standard InChI is InChI=1S/C7H6F3NO3S/c1-4-2-5(15-3-4)6(7(8,9)10)14-11(12)13/h2-3,6H,1H3. The molecule has 1 atom stereocenters. The smallest absolute Gasteiger partial charge is 0.295 e. The molecule has 8 heteroatoms. The van der Waals surface area contributed by atoms with Crippen LogP contribution in [0.15, 0.2) is 11.4 Å². The molecule has 1 unspecified atom stereocenters. The molecule has 4 nitrogen and oxygen atoms in total. The fourth-order valence-electron chi connectivity index (χ4n) is 0.950. The van der Waals surface area contributed by atoms with Gasteiger partial charge in [-0.25, -0.2) is 0 Å². The Balaban J connectivity index is 2.96. The lowest BCUT2D eigenvalue weighted by Gasteiger charge is -2.16. The predicted octanol–water partition coefficient (Wildman–Crippen LogP) is 2.87. The minimum absolute atomic E-state index is 0.225. The van der Waals surface area contributed by atoms with Gasteiger partial charge in [-0.3, -0.25) is 4.84 Å². The summed E-state index contributed by atoms with van der Waals surface area (Å²) in [7, 11) is 0. The number of rotatable bonds is 3. The van der Waals surface area contributed by atoms with Gasteiger partial charge < -0.3 is 0 Å². The highest BCUT2D eigenvalue weighted by Gasteiger charge is 2.44. The van der Waals surface area contributed by atoms with Crippen molar-refractivity contribution in [3.63, 3.8) is 0 Å². The lowest BCUT2D eigenvalue weighted by Crippen LogP contribution is -2.25. The Kier molecular flexibility index (Phi) is 3.18. The van der Waals surface area contributed by atoms with Gasteiger partial charge >= 0.3 is 6.18 Å². The fraction of sp³-hybridized carbons (Fsp3) is 0.429. The van der Waals surface area contributed by atoms with Crippen LogP contribution in [0.1, 0.15) is 16.5 Å². The number of halogens is 3. The van der Waals surface area contributed by atoms with E-state index >= 15 is 0 Å². The van der Waals surface area contributed by atoms with Crippen LogP contribution >= 0.6 is 11.3 Å². The molecule has 0 aliphatic carbocycles. The van der Waals surface area contributed by atoms with E-state index in [9.17, 15) is 23.3 Å². The summed E-state index contributed by atoms with van der Waals surface area (Å²) in [5, 5.41) is 9.96. The summed E-state index contributed by atoms with van der Waals surface area (Å²) in [4.78, 5) is 13.3. The summed E-state index contributed by atoms with van der Waals surface area (Å²) in [6.07, 6.45) is -7.28. The highest BCUT2D eigenvalue weighted by Crippen LogP contribution is 2.38. The van der Waals surface area contributed by atoms with E-state index in [4.69, 9.17) is 0 Å². The molecule has 0 bridgehead atoms. The molecule has 0 saturated carbocycles. The van der Waals surface area contributed by atoms with Gasteiger partial charge in [0.1, 0.15) is 0 Å². The highest BCUT2D eigenvalue weighted by atomic mass is 32.1. The van der Waals surface area contributed by atoms with Crippen molar-refractivity contribution in [2.24, 2.45) is 0 Å². The zero-order valence-corrected chi connectivity index (χ0v) is 8.26. The van der Waals surface area contributed by atoms with Crippen LogP contribution in [0.5, 0.6) is 0 Å². The number of alkyl halides is 3. The van der Waals surface area contributed by atoms with Crippen molar-refractivity contribution in [2.75, 3.05) is 0 Å². The van der Waals surface area contributed by atoms with Crippen molar-refractivity contribution < 1.29 is 23.1 Å². The summed E-state index contributed by atoms with van der Waals surface area (Å²) in [5.74, 6) is 0. The first kappa shape index (κ1) is 11.8. The van der Waals surface area contributed by atoms with Crippen molar-refractivity contribution in [3.8, 4) is 0 Å². The molecule has 0 aliphatic rings. The molecule has 0 radical (unpaired) electrons. The Morgan fingerprint density at radius 2 is 2.20 bits per heavy atom. The molecule has 1 aromatic heterocycles. The van der Waals surface area contributed by atoms with Crippen LogP contribution in [0.25, 0.3) is 0 Å². The van der Waals surface area contributed by atoms with Crippen LogP contribution in [0.3, 0.4) is 0 Å². The number of hydrogen-bond donors (Lipinski definition) is 0. The second-order valence-corrected chi connectivity index (χ2v) is 3.72. The van der Waals surface area contributed by atoms with E-state index in [1.54, 1.807) is 6.92 Å². The molecule has 1 rings (SSSR count). The van der Waals surface area contributed by atoms with Gasteiger partial charge in [0.15, 0.2) is 0 Å². The Morgan fingerprint density at radius 3 is 2.53 bits per heavy atom. The first-order valence-corrected chi connectivity index (χ1v) is 4.61. The second-order valence-electron chi connectivity index (χ2n) is 2.78. The zero-order valence-electron chi connectivity index (χ0n) is 7.45. The molecular weight excluding hydrogens is 235 g/mol. The van der Waals surface area contributed by atoms with Crippen LogP contribution < -0.4 is 0 Å². The molecule has 1 aromatic rings. The molecule has 0 aliphatic heterocycles. The lowest BCUT2D eigenvalue weighted by molar-refractivity contribution is -0.778. The van der Waals surface area contributed by atoms with Crippen LogP contribution in [0, 0.1) is 17.0 Å². The fourth-order valence-corrected chi connectivity index (χ4v) is 1.89. The molecule has 1 heterocycles. The average molecular weight is 241 g/mol. The first-order valence-electron chi connectivity index (χ1n) is 3.73. The topological polar surface area (TPSA) is 52.4 Å². The summed E-state index contributed by atoms with van der Waals surface area (Å²) in [6.45, 7) is 1.60. The van der Waals surface area contributed by atoms with E-state index in [2.05, 4.69) is 4.84 Å². The highest BCUT2D eigenvalue weighted by molar-refractivity contribution is 7.10. The molecule has 0 amide bonds. The SMILES string of the molecule is Cc1csc(C(O[N+](=O)[O-])C(F)(F)F)c1. The van der Waals surface area contributed by atoms with E-state index in [0.717, 1.165) is 11.3 Å². The van der Waals surface area contributed by atoms with Crippen LogP contribution in [0.2, 0.25) is 0 Å². The average Bonchev–Trinajstić information content (AvgIpc) is 2.45. The molecule has 84 valence electrons. The zero-order chi connectivity index (χ0) is 11.6. The number of nitrogens with zero attached hydrogens (tertiary/aromatic N) is 1. The van der Waals surface area contributed by atoms with Gasteiger partial charge in [-0.15, -0.1) is 21.5 Å². The second kappa shape index (κ2) is 4.05. The normalized spacial score (nSPS) is 13.6. The van der Waals surface area contributed by atoms with Gasteiger partial charge in [-0.2, -0.15) is 13.2 Å². The maximum atomic E-state index is 12.4. The minimum Gasteiger partial charge on any atom is -0.295 e. The summed E-state index contributed by atoms with van der Waals surface area (Å²) in [6, 6.07) is 1.21. The monoisotopic (exact) mass is 241 g/mol. The predicted molar refractivity (Wildman–Crippen MR) is 45.9 cm³/mol. The van der Waals surface area contributed by atoms with Crippen LogP contribution in [0.4, 0.5) is 13.2 Å². The molecular formula is C7H6F3NO3S. The van der Waals surface area contributed by atoms with Gasteiger partial charge in [0, 0.05) is 4.88 Å². The van der Waals surface area contributed by atoms with Gasteiger partial charge in [0.2, 0.25) is 6.10 Å². The third-order valence-electron chi connectivity index (χ3n) is 1.50. The molecule has 0 spiro atoms. The summed E-state index contributed by atoms with van der Waals surface area (Å²) < 4.78 is 37.1. The summed E-state index contributed by atoms with van der Waals surface area (Å²) >= 11 is 0.777. The Bertz CT molecular complexity index is 363. The van der Waals surface area contributed by atoms with Gasteiger partial charge in [-0.05, 0) is 23.9 Å². The third-order valence-corrected chi connectivity index (χ3v) is 2.59. The molecule has 0 aromatic carbocycles. The minimum atomic E-state index is -4.79. The van der Waals surface area contributed by atoms with Crippen LogP contribution in [-0.4, -0.2) is 11.3 Å². The van der Waals surface area contributed by atoms with Crippen molar-refractivity contribution in [1.82, 2.24) is 0 Å². The van der Waals surface area contributed by atoms with E-state index in [1.807, 2.05) is 0 Å². The molecule has 15 heavy (non-hydrogen) atoms. The number of aryl methyl sites for hydroxylation is 1. The third kappa shape index (κ3) is 3.08. The van der Waals surface area contributed by atoms with Crippen molar-refractivity contribution in [2.45, 2.75) is 19.2 Å². The quantitative estimate of drug-likeness (QED) is 0.604. The van der Waals surface area contributed by atoms with Crippen molar-refractivity contribution in [1.29, 1.82) is 0 Å². The Morgan fingerprint density at radius 1 is 1.60 bits per heavy atom. The Hall–Kier alpha value is -1.31. The van der Waals surface area contributed by atoms with Crippen molar-refractivity contribution >= 4 is 11.3 Å². The molecule has 0 saturated heterocycles. The van der Waals surface area contributed by atoms with Crippen LogP contribution in [-0.2, 0) is 4.84 Å². The number of hydrogen-bond acceptors (Lipinski definition) is 4. The van der Waals surface area contributed by atoms with Crippen molar-refractivity contribution in [3.05, 3.63) is 32.0 Å². The van der Waals surface area contributed by atoms with Gasteiger partial charge in [0.05, 0.1) is 0 Å². The molecule has 0 N–H and O–H groups in total. The van der Waals surface area contributed by atoms with E-state index < -0.39 is 17.4 Å². The van der Waals surface area contributed by atoms with E-state index in [0.29, 0.717) is 5.56 Å². The Labute approximate surface area is 86.4 Å². The lowest BCUT2D eigenvalue weighted by atomic mass is 10.2. The maximum Gasteiger partial charge on any atom is 0.419 e. The van der Waals surface area contributed by atoms with Gasteiger partial charge in [-0.1, -0.05) is 0 Å². The van der Waals surface area contributed by atoms with E-state index in [1.165, 1.54) is 11.4 Å². The number of thiophene rings is 1. The summed E-state index contributed by atoms with van der Waals surface area (Å²) in [5.41, 5.74) is 0.608. The largest absolute Gasteiger partial charge is 0.419 e.